The minimum atomic E-state index is -0.889. The van der Waals surface area contributed by atoms with Crippen LogP contribution in [0.3, 0.4) is 0 Å². The average molecular weight is 674 g/mol. The predicted octanol–water partition coefficient (Wildman–Crippen LogP) is 6.39. The number of nitrogens with zero attached hydrogens (tertiary/aromatic N) is 1. The smallest absolute Gasteiger partial charge is 0.335 e. The molecule has 0 atom stereocenters. The van der Waals surface area contributed by atoms with Gasteiger partial charge in [-0.15, -0.1) is 0 Å². The third-order valence-electron chi connectivity index (χ3n) is 6.70. The summed E-state index contributed by atoms with van der Waals surface area (Å²) < 4.78 is 24.0. The third kappa shape index (κ3) is 7.27. The number of hydrogen-bond acceptors (Lipinski definition) is 8. The molecule has 10 nitrogen and oxygen atoms in total. The largest absolute Gasteiger partial charge is 0.508 e. The van der Waals surface area contributed by atoms with Gasteiger partial charge in [0.15, 0.2) is 23.0 Å². The molecule has 4 aromatic rings. The Morgan fingerprint density at radius 3 is 2.27 bits per heavy atom. The molecular weight excluding hydrogens is 644 g/mol. The first-order valence-electron chi connectivity index (χ1n) is 13.9. The Morgan fingerprint density at radius 1 is 0.822 bits per heavy atom. The van der Waals surface area contributed by atoms with E-state index in [0.717, 1.165) is 16.0 Å². The van der Waals surface area contributed by atoms with Crippen molar-refractivity contribution in [3.8, 4) is 28.7 Å². The van der Waals surface area contributed by atoms with E-state index in [-0.39, 0.29) is 23.6 Å². The number of halogens is 1. The van der Waals surface area contributed by atoms with Crippen molar-refractivity contribution in [2.75, 3.05) is 18.6 Å². The monoisotopic (exact) mass is 672 g/mol. The topological polar surface area (TPSA) is 124 Å². The first-order valence-corrected chi connectivity index (χ1v) is 14.7. The Hall–Kier alpha value is -5.29. The number of urea groups is 1. The summed E-state index contributed by atoms with van der Waals surface area (Å²) in [5.41, 5.74) is 2.25. The maximum absolute atomic E-state index is 13.3. The fourth-order valence-corrected chi connectivity index (χ4v) is 5.12. The van der Waals surface area contributed by atoms with Gasteiger partial charge in [0.25, 0.3) is 11.8 Å². The molecule has 1 heterocycles. The molecule has 2 N–H and O–H groups in total. The van der Waals surface area contributed by atoms with Gasteiger partial charge < -0.3 is 24.1 Å². The molecule has 1 fully saturated rings. The van der Waals surface area contributed by atoms with Crippen LogP contribution in [0.4, 0.5) is 10.5 Å². The van der Waals surface area contributed by atoms with Crippen molar-refractivity contribution in [1.82, 2.24) is 5.32 Å². The van der Waals surface area contributed by atoms with Crippen LogP contribution in [0, 0.1) is 0 Å². The predicted molar refractivity (Wildman–Crippen MR) is 171 cm³/mol. The summed E-state index contributed by atoms with van der Waals surface area (Å²) in [4.78, 5) is 39.3. The molecule has 0 unspecified atom stereocenters. The molecule has 0 aliphatic carbocycles. The van der Waals surface area contributed by atoms with E-state index in [1.165, 1.54) is 30.3 Å². The number of imide groups is 2. The first-order chi connectivity index (χ1) is 21.8. The summed E-state index contributed by atoms with van der Waals surface area (Å²) in [5, 5.41) is 11.8. The number of phenols is 1. The van der Waals surface area contributed by atoms with E-state index in [1.54, 1.807) is 19.2 Å². The second kappa shape index (κ2) is 14.0. The average Bonchev–Trinajstić information content (AvgIpc) is 3.03. The zero-order valence-electron chi connectivity index (χ0n) is 24.4. The second-order valence-corrected chi connectivity index (χ2v) is 10.6. The van der Waals surface area contributed by atoms with Gasteiger partial charge in [0, 0.05) is 0 Å². The molecule has 1 saturated heterocycles. The Bertz CT molecular complexity index is 1760. The molecule has 4 aromatic carbocycles. The molecule has 1 aliphatic heterocycles. The Kier molecular flexibility index (Phi) is 9.69. The van der Waals surface area contributed by atoms with Gasteiger partial charge in [0.2, 0.25) is 0 Å². The van der Waals surface area contributed by atoms with Crippen LogP contribution in [0.25, 0.3) is 6.08 Å². The van der Waals surface area contributed by atoms with Gasteiger partial charge >= 0.3 is 6.03 Å². The van der Waals surface area contributed by atoms with Crippen LogP contribution < -0.4 is 29.2 Å². The fraction of sp³-hybridized carbons (Fsp3) is 0.147. The lowest BCUT2D eigenvalue weighted by atomic mass is 10.1. The summed E-state index contributed by atoms with van der Waals surface area (Å²) in [6.45, 7) is 2.73. The lowest BCUT2D eigenvalue weighted by Gasteiger charge is -2.26. The third-order valence-corrected chi connectivity index (χ3v) is 7.29. The summed E-state index contributed by atoms with van der Waals surface area (Å²) >= 11 is 3.53. The van der Waals surface area contributed by atoms with Gasteiger partial charge in [-0.2, -0.15) is 0 Å². The van der Waals surface area contributed by atoms with Crippen LogP contribution in [0.5, 0.6) is 28.7 Å². The highest BCUT2D eigenvalue weighted by atomic mass is 79.9. The quantitative estimate of drug-likeness (QED) is 0.139. The number of amides is 4. The van der Waals surface area contributed by atoms with Gasteiger partial charge in [-0.3, -0.25) is 14.9 Å². The minimum absolute atomic E-state index is 0.0323. The number of carbonyl (C=O) groups excluding carboxylic acids is 3. The molecule has 0 saturated carbocycles. The van der Waals surface area contributed by atoms with Crippen molar-refractivity contribution in [3.63, 3.8) is 0 Å². The number of barbiturate groups is 1. The van der Waals surface area contributed by atoms with Crippen molar-refractivity contribution in [2.24, 2.45) is 0 Å². The Balaban J connectivity index is 1.35. The SMILES string of the molecule is CCOc1cc(/C=C2/C(=O)NC(=O)N(c3ccc(O)cc3)C2=O)cc(Br)c1OCc1ccc(OCc2ccccc2)c(OC)c1. The van der Waals surface area contributed by atoms with Crippen LogP contribution in [0.2, 0.25) is 0 Å². The van der Waals surface area contributed by atoms with E-state index >= 15 is 0 Å². The van der Waals surface area contributed by atoms with Crippen molar-refractivity contribution in [3.05, 3.63) is 112 Å². The molecule has 0 radical (unpaired) electrons. The zero-order chi connectivity index (χ0) is 31.9. The molecular formula is C34H29BrN2O8. The second-order valence-electron chi connectivity index (χ2n) is 9.79. The van der Waals surface area contributed by atoms with Gasteiger partial charge in [-0.05, 0) is 94.2 Å². The number of rotatable bonds is 11. The first kappa shape index (κ1) is 31.1. The number of benzene rings is 4. The normalized spacial score (nSPS) is 13.9. The van der Waals surface area contributed by atoms with Gasteiger partial charge in [0.1, 0.15) is 24.5 Å². The highest BCUT2D eigenvalue weighted by molar-refractivity contribution is 9.10. The van der Waals surface area contributed by atoms with Gasteiger partial charge in [-0.1, -0.05) is 36.4 Å². The van der Waals surface area contributed by atoms with Crippen molar-refractivity contribution >= 4 is 45.5 Å². The standard InChI is InChI=1S/C34H29BrN2O8/c1-3-43-30-18-23(15-26-32(39)36-34(41)37(33(26)40)24-10-12-25(38)13-11-24)16-27(35)31(30)45-20-22-9-14-28(29(17-22)42-2)44-19-21-7-5-4-6-8-21/h4-18,38H,3,19-20H2,1-2H3,(H,36,39,41)/b26-15-. The van der Waals surface area contributed by atoms with Crippen LogP contribution in [-0.2, 0) is 22.8 Å². The Morgan fingerprint density at radius 2 is 1.56 bits per heavy atom. The number of anilines is 1. The summed E-state index contributed by atoms with van der Waals surface area (Å²) in [6.07, 6.45) is 1.37. The maximum Gasteiger partial charge on any atom is 0.335 e. The minimum Gasteiger partial charge on any atom is -0.508 e. The van der Waals surface area contributed by atoms with Crippen molar-refractivity contribution < 1.29 is 38.4 Å². The summed E-state index contributed by atoms with van der Waals surface area (Å²) in [6, 6.07) is 23.3. The number of methoxy groups -OCH3 is 1. The van der Waals surface area contributed by atoms with E-state index in [0.29, 0.717) is 46.2 Å². The molecule has 0 bridgehead atoms. The fourth-order valence-electron chi connectivity index (χ4n) is 4.55. The summed E-state index contributed by atoms with van der Waals surface area (Å²) in [5.74, 6) is 0.286. The van der Waals surface area contributed by atoms with E-state index in [9.17, 15) is 19.5 Å². The van der Waals surface area contributed by atoms with E-state index < -0.39 is 17.8 Å². The molecule has 230 valence electrons. The highest BCUT2D eigenvalue weighted by Crippen LogP contribution is 2.39. The van der Waals surface area contributed by atoms with Crippen molar-refractivity contribution in [1.29, 1.82) is 0 Å². The van der Waals surface area contributed by atoms with Gasteiger partial charge in [-0.25, -0.2) is 9.69 Å². The lowest BCUT2D eigenvalue weighted by molar-refractivity contribution is -0.122. The van der Waals surface area contributed by atoms with Crippen LogP contribution in [0.1, 0.15) is 23.6 Å². The molecule has 5 rings (SSSR count). The summed E-state index contributed by atoms with van der Waals surface area (Å²) in [7, 11) is 1.57. The molecule has 0 aromatic heterocycles. The number of phenolic OH excluding ortho intramolecular Hbond substituents is 1. The number of aromatic hydroxyl groups is 1. The number of nitrogens with one attached hydrogen (secondary N) is 1. The number of carbonyl (C=O) groups is 3. The molecule has 0 spiro atoms. The van der Waals surface area contributed by atoms with Crippen LogP contribution in [0.15, 0.2) is 95.0 Å². The molecule has 1 aliphatic rings. The zero-order valence-corrected chi connectivity index (χ0v) is 26.0. The van der Waals surface area contributed by atoms with Crippen molar-refractivity contribution in [2.45, 2.75) is 20.1 Å². The molecule has 4 amide bonds. The van der Waals surface area contributed by atoms with Gasteiger partial charge in [0.05, 0.1) is 23.9 Å². The van der Waals surface area contributed by atoms with E-state index in [1.807, 2.05) is 55.5 Å². The maximum atomic E-state index is 13.3. The van der Waals surface area contributed by atoms with E-state index in [2.05, 4.69) is 21.2 Å². The number of ether oxygens (including phenoxy) is 4. The van der Waals surface area contributed by atoms with E-state index in [4.69, 9.17) is 18.9 Å². The van der Waals surface area contributed by atoms with Crippen LogP contribution >= 0.6 is 15.9 Å². The lowest BCUT2D eigenvalue weighted by Crippen LogP contribution is -2.54. The molecule has 11 heteroatoms. The Labute approximate surface area is 267 Å². The number of hydrogen-bond donors (Lipinski definition) is 2. The van der Waals surface area contributed by atoms with Crippen LogP contribution in [-0.4, -0.2) is 36.7 Å². The molecule has 45 heavy (non-hydrogen) atoms. The highest BCUT2D eigenvalue weighted by Gasteiger charge is 2.37.